The fourth-order valence-electron chi connectivity index (χ4n) is 2.38. The van der Waals surface area contributed by atoms with Gasteiger partial charge in [-0.15, -0.1) is 0 Å². The highest BCUT2D eigenvalue weighted by Crippen LogP contribution is 2.25. The minimum Gasteiger partial charge on any atom is -0.347 e. The van der Waals surface area contributed by atoms with E-state index in [4.69, 9.17) is 11.6 Å². The number of aryl methyl sites for hydroxylation is 1. The van der Waals surface area contributed by atoms with Gasteiger partial charge in [-0.3, -0.25) is 0 Å². The number of rotatable bonds is 6. The first-order valence-corrected chi connectivity index (χ1v) is 7.86. The quantitative estimate of drug-likeness (QED) is 0.806. The number of nitrogens with one attached hydrogen (secondary N) is 1. The highest BCUT2D eigenvalue weighted by atomic mass is 35.5. The van der Waals surface area contributed by atoms with Crippen molar-refractivity contribution in [2.45, 2.75) is 53.2 Å². The number of hydrogen-bond acceptors (Lipinski definition) is 1. The summed E-state index contributed by atoms with van der Waals surface area (Å²) in [7, 11) is 0. The summed E-state index contributed by atoms with van der Waals surface area (Å²) < 4.78 is 2.35. The molecule has 3 heteroatoms. The van der Waals surface area contributed by atoms with Crippen molar-refractivity contribution < 1.29 is 0 Å². The van der Waals surface area contributed by atoms with Crippen molar-refractivity contribution in [1.29, 1.82) is 0 Å². The number of halogens is 1. The van der Waals surface area contributed by atoms with Crippen molar-refractivity contribution >= 4 is 22.5 Å². The van der Waals surface area contributed by atoms with E-state index in [9.17, 15) is 0 Å². The summed E-state index contributed by atoms with van der Waals surface area (Å²) >= 11 is 6.16. The number of aromatic nitrogens is 1. The molecule has 0 aliphatic rings. The van der Waals surface area contributed by atoms with E-state index >= 15 is 0 Å². The number of fused-ring (bicyclic) bond motifs is 1. The van der Waals surface area contributed by atoms with Gasteiger partial charge in [0.1, 0.15) is 0 Å². The molecular weight excluding hydrogens is 268 g/mol. The van der Waals surface area contributed by atoms with Crippen LogP contribution in [0.2, 0.25) is 5.02 Å². The predicted molar refractivity (Wildman–Crippen MR) is 88.4 cm³/mol. The monoisotopic (exact) mass is 292 g/mol. The van der Waals surface area contributed by atoms with Crippen LogP contribution in [0.3, 0.4) is 0 Å². The number of nitrogens with zero attached hydrogens (tertiary/aromatic N) is 1. The van der Waals surface area contributed by atoms with Crippen molar-refractivity contribution in [3.05, 3.63) is 35.0 Å². The minimum absolute atomic E-state index is 0.497. The Morgan fingerprint density at radius 1 is 1.20 bits per heavy atom. The molecule has 0 amide bonds. The van der Waals surface area contributed by atoms with Crippen LogP contribution in [-0.4, -0.2) is 10.6 Å². The van der Waals surface area contributed by atoms with E-state index in [2.05, 4.69) is 55.9 Å². The van der Waals surface area contributed by atoms with Crippen molar-refractivity contribution in [2.75, 3.05) is 0 Å². The van der Waals surface area contributed by atoms with Gasteiger partial charge >= 0.3 is 0 Å². The molecule has 1 aromatic carbocycles. The fourth-order valence-corrected chi connectivity index (χ4v) is 2.54. The van der Waals surface area contributed by atoms with Gasteiger partial charge in [-0.1, -0.05) is 45.4 Å². The van der Waals surface area contributed by atoms with Crippen LogP contribution in [0.4, 0.5) is 0 Å². The third-order valence-corrected chi connectivity index (χ3v) is 3.81. The summed E-state index contributed by atoms with van der Waals surface area (Å²) in [6.07, 6.45) is 3.46. The van der Waals surface area contributed by atoms with E-state index in [1.807, 2.05) is 6.07 Å². The summed E-state index contributed by atoms with van der Waals surface area (Å²) in [5, 5.41) is 5.62. The van der Waals surface area contributed by atoms with Crippen LogP contribution in [-0.2, 0) is 13.1 Å². The average Bonchev–Trinajstić information content (AvgIpc) is 2.71. The van der Waals surface area contributed by atoms with Crippen molar-refractivity contribution in [1.82, 2.24) is 9.88 Å². The molecule has 2 aromatic rings. The molecule has 0 spiro atoms. The van der Waals surface area contributed by atoms with Crippen molar-refractivity contribution in [3.63, 3.8) is 0 Å². The molecule has 0 bridgehead atoms. The third kappa shape index (κ3) is 3.77. The Morgan fingerprint density at radius 2 is 1.95 bits per heavy atom. The minimum atomic E-state index is 0.497. The molecule has 0 radical (unpaired) electrons. The zero-order valence-electron chi connectivity index (χ0n) is 12.9. The highest BCUT2D eigenvalue weighted by molar-refractivity contribution is 6.31. The maximum absolute atomic E-state index is 6.16. The molecule has 1 aromatic heterocycles. The van der Waals surface area contributed by atoms with Crippen molar-refractivity contribution in [2.24, 2.45) is 5.92 Å². The third-order valence-electron chi connectivity index (χ3n) is 3.57. The van der Waals surface area contributed by atoms with Gasteiger partial charge in [0.05, 0.1) is 0 Å². The lowest BCUT2D eigenvalue weighted by atomic mass is 10.1. The first-order chi connectivity index (χ1) is 9.47. The van der Waals surface area contributed by atoms with E-state index < -0.39 is 0 Å². The Labute approximate surface area is 127 Å². The molecule has 0 aliphatic carbocycles. The van der Waals surface area contributed by atoms with Gasteiger partial charge < -0.3 is 9.88 Å². The van der Waals surface area contributed by atoms with E-state index in [1.165, 1.54) is 22.9 Å². The SMILES string of the molecule is CC(C)CCn1cc(CNC(C)C)c2ccc(Cl)cc21. The standard InChI is InChI=1S/C17H25ClN2/c1-12(2)7-8-20-11-14(10-19-13(3)4)16-6-5-15(18)9-17(16)20/h5-6,9,11-13,19H,7-8,10H2,1-4H3. The summed E-state index contributed by atoms with van der Waals surface area (Å²) in [4.78, 5) is 0. The second kappa shape index (κ2) is 6.64. The lowest BCUT2D eigenvalue weighted by Crippen LogP contribution is -2.21. The molecule has 0 saturated carbocycles. The molecule has 20 heavy (non-hydrogen) atoms. The van der Waals surface area contributed by atoms with E-state index in [-0.39, 0.29) is 0 Å². The summed E-state index contributed by atoms with van der Waals surface area (Å²) in [5.41, 5.74) is 2.60. The molecule has 2 nitrogen and oxygen atoms in total. The summed E-state index contributed by atoms with van der Waals surface area (Å²) in [5.74, 6) is 0.712. The Balaban J connectivity index is 2.32. The van der Waals surface area contributed by atoms with Gasteiger partial charge in [-0.25, -0.2) is 0 Å². The lowest BCUT2D eigenvalue weighted by molar-refractivity contribution is 0.523. The summed E-state index contributed by atoms with van der Waals surface area (Å²) in [6, 6.07) is 6.70. The Morgan fingerprint density at radius 3 is 2.60 bits per heavy atom. The largest absolute Gasteiger partial charge is 0.347 e. The molecule has 1 N–H and O–H groups in total. The van der Waals surface area contributed by atoms with Gasteiger partial charge in [-0.2, -0.15) is 0 Å². The maximum atomic E-state index is 6.16. The molecule has 110 valence electrons. The topological polar surface area (TPSA) is 17.0 Å². The van der Waals surface area contributed by atoms with Gasteiger partial charge in [0.2, 0.25) is 0 Å². The van der Waals surface area contributed by atoms with Crippen LogP contribution in [0.15, 0.2) is 24.4 Å². The van der Waals surface area contributed by atoms with E-state index in [0.29, 0.717) is 12.0 Å². The molecule has 2 rings (SSSR count). The van der Waals surface area contributed by atoms with Crippen LogP contribution in [0, 0.1) is 5.92 Å². The van der Waals surface area contributed by atoms with Crippen LogP contribution in [0.5, 0.6) is 0 Å². The molecule has 0 saturated heterocycles. The summed E-state index contributed by atoms with van der Waals surface area (Å²) in [6.45, 7) is 10.8. The predicted octanol–water partition coefficient (Wildman–Crippen LogP) is 4.84. The molecular formula is C17H25ClN2. The van der Waals surface area contributed by atoms with Gasteiger partial charge in [0.25, 0.3) is 0 Å². The maximum Gasteiger partial charge on any atom is 0.0498 e. The van der Waals surface area contributed by atoms with Gasteiger partial charge in [0.15, 0.2) is 0 Å². The smallest absolute Gasteiger partial charge is 0.0498 e. The highest BCUT2D eigenvalue weighted by Gasteiger charge is 2.09. The second-order valence-corrected chi connectivity index (χ2v) is 6.66. The van der Waals surface area contributed by atoms with Gasteiger partial charge in [0, 0.05) is 41.3 Å². The van der Waals surface area contributed by atoms with Crippen LogP contribution < -0.4 is 5.32 Å². The zero-order chi connectivity index (χ0) is 14.7. The van der Waals surface area contributed by atoms with E-state index in [1.54, 1.807) is 0 Å². The molecule has 0 unspecified atom stereocenters. The van der Waals surface area contributed by atoms with Crippen molar-refractivity contribution in [3.8, 4) is 0 Å². The molecule has 0 atom stereocenters. The van der Waals surface area contributed by atoms with Crippen LogP contribution >= 0.6 is 11.6 Å². The Bertz CT molecular complexity index is 570. The Kier molecular flexibility index (Phi) is 5.11. The molecule has 1 heterocycles. The Hall–Kier alpha value is -0.990. The number of hydrogen-bond donors (Lipinski definition) is 1. The lowest BCUT2D eigenvalue weighted by Gasteiger charge is -2.07. The average molecular weight is 293 g/mol. The van der Waals surface area contributed by atoms with Crippen LogP contribution in [0.1, 0.15) is 39.7 Å². The normalized spacial score (nSPS) is 11.9. The first kappa shape index (κ1) is 15.4. The zero-order valence-corrected chi connectivity index (χ0v) is 13.7. The first-order valence-electron chi connectivity index (χ1n) is 7.48. The number of benzene rings is 1. The van der Waals surface area contributed by atoms with E-state index in [0.717, 1.165) is 18.1 Å². The second-order valence-electron chi connectivity index (χ2n) is 6.23. The fraction of sp³-hybridized carbons (Fsp3) is 0.529. The molecule has 0 aliphatic heterocycles. The van der Waals surface area contributed by atoms with Crippen LogP contribution in [0.25, 0.3) is 10.9 Å². The molecule has 0 fully saturated rings. The van der Waals surface area contributed by atoms with Gasteiger partial charge in [-0.05, 0) is 30.0 Å².